The average molecular weight is 270 g/mol. The number of hydrogen-bond donors (Lipinski definition) is 0. The van der Waals surface area contributed by atoms with Crippen molar-refractivity contribution in [1.82, 2.24) is 14.7 Å². The summed E-state index contributed by atoms with van der Waals surface area (Å²) in [6, 6.07) is 0.654. The summed E-state index contributed by atoms with van der Waals surface area (Å²) in [5.41, 5.74) is 0.768. The van der Waals surface area contributed by atoms with E-state index in [2.05, 4.69) is 18.9 Å². The van der Waals surface area contributed by atoms with Crippen molar-refractivity contribution in [2.45, 2.75) is 58.7 Å². The first-order chi connectivity index (χ1) is 8.49. The molecule has 1 aromatic heterocycles. The van der Waals surface area contributed by atoms with E-state index in [9.17, 15) is 4.79 Å². The number of piperidine rings is 1. The summed E-state index contributed by atoms with van der Waals surface area (Å²) in [6.45, 7) is 6.36. The average Bonchev–Trinajstić information content (AvgIpc) is 2.57. The summed E-state index contributed by atoms with van der Waals surface area (Å²) in [6.07, 6.45) is 5.11. The molecule has 2 rings (SSSR count). The molecule has 0 aromatic carbocycles. The number of carbonyl (C=O) groups is 1. The molecule has 18 heavy (non-hydrogen) atoms. The van der Waals surface area contributed by atoms with Gasteiger partial charge in [-0.25, -0.2) is 0 Å². The van der Waals surface area contributed by atoms with Gasteiger partial charge in [0.1, 0.15) is 6.54 Å². The van der Waals surface area contributed by atoms with Crippen LogP contribution in [-0.4, -0.2) is 32.7 Å². The van der Waals surface area contributed by atoms with Crippen LogP contribution in [0.1, 0.15) is 38.8 Å². The molecule has 0 aliphatic carbocycles. The van der Waals surface area contributed by atoms with Crippen LogP contribution < -0.4 is 0 Å². The molecule has 0 spiro atoms. The van der Waals surface area contributed by atoms with E-state index >= 15 is 0 Å². The smallest absolute Gasteiger partial charge is 0.244 e. The maximum atomic E-state index is 12.3. The van der Waals surface area contributed by atoms with Crippen LogP contribution in [0.4, 0.5) is 0 Å². The number of halogens is 1. The lowest BCUT2D eigenvalue weighted by atomic mass is 9.97. The summed E-state index contributed by atoms with van der Waals surface area (Å²) in [5.74, 6) is 0.133. The molecule has 100 valence electrons. The van der Waals surface area contributed by atoms with Crippen LogP contribution >= 0.6 is 11.6 Å². The largest absolute Gasteiger partial charge is 0.336 e. The zero-order chi connectivity index (χ0) is 13.3. The summed E-state index contributed by atoms with van der Waals surface area (Å²) in [5, 5.41) is 4.85. The van der Waals surface area contributed by atoms with Crippen molar-refractivity contribution < 1.29 is 4.79 Å². The lowest BCUT2D eigenvalue weighted by Crippen LogP contribution is -2.48. The minimum Gasteiger partial charge on any atom is -0.336 e. The van der Waals surface area contributed by atoms with E-state index < -0.39 is 0 Å². The predicted octanol–water partition coefficient (Wildman–Crippen LogP) is 2.63. The molecule has 4 nitrogen and oxygen atoms in total. The molecule has 5 heteroatoms. The normalized spacial score (nSPS) is 24.3. The van der Waals surface area contributed by atoms with Crippen molar-refractivity contribution in [3.8, 4) is 0 Å². The fraction of sp³-hybridized carbons (Fsp3) is 0.692. The van der Waals surface area contributed by atoms with Crippen LogP contribution in [0.15, 0.2) is 6.20 Å². The van der Waals surface area contributed by atoms with Crippen LogP contribution in [0.25, 0.3) is 0 Å². The van der Waals surface area contributed by atoms with Gasteiger partial charge in [0, 0.05) is 18.3 Å². The van der Waals surface area contributed by atoms with E-state index in [1.807, 2.05) is 11.8 Å². The molecule has 0 radical (unpaired) electrons. The number of likely N-dealkylation sites (tertiary alicyclic amines) is 1. The Hall–Kier alpha value is -1.03. The van der Waals surface area contributed by atoms with E-state index in [-0.39, 0.29) is 12.5 Å². The van der Waals surface area contributed by atoms with E-state index in [1.54, 1.807) is 10.9 Å². The molecule has 1 amide bonds. The molecule has 1 saturated heterocycles. The van der Waals surface area contributed by atoms with Crippen molar-refractivity contribution >= 4 is 17.5 Å². The maximum Gasteiger partial charge on any atom is 0.244 e. The molecule has 2 heterocycles. The molecule has 2 atom stereocenters. The Morgan fingerprint density at radius 1 is 1.44 bits per heavy atom. The molecule has 0 bridgehead atoms. The maximum absolute atomic E-state index is 12.3. The quantitative estimate of drug-likeness (QED) is 0.828. The van der Waals surface area contributed by atoms with Crippen molar-refractivity contribution in [2.24, 2.45) is 0 Å². The first kappa shape index (κ1) is 13.4. The Morgan fingerprint density at radius 2 is 2.06 bits per heavy atom. The SMILES string of the molecule is Cc1nn(CC(=O)N2[C@H](C)CCC[C@@H]2C)cc1Cl. The third-order valence-electron chi connectivity index (χ3n) is 3.67. The molecule has 1 aromatic rings. The Labute approximate surface area is 113 Å². The van der Waals surface area contributed by atoms with Crippen molar-refractivity contribution in [3.05, 3.63) is 16.9 Å². The van der Waals surface area contributed by atoms with E-state index in [0.717, 1.165) is 18.5 Å². The molecular weight excluding hydrogens is 250 g/mol. The van der Waals surface area contributed by atoms with Crippen LogP contribution in [0, 0.1) is 6.92 Å². The number of carbonyl (C=O) groups excluding carboxylic acids is 1. The minimum atomic E-state index is 0.133. The Bertz CT molecular complexity index is 414. The third-order valence-corrected chi connectivity index (χ3v) is 4.04. The highest BCUT2D eigenvalue weighted by Crippen LogP contribution is 2.23. The number of amides is 1. The molecule has 1 fully saturated rings. The number of aromatic nitrogens is 2. The van der Waals surface area contributed by atoms with Gasteiger partial charge in [0.15, 0.2) is 0 Å². The summed E-state index contributed by atoms with van der Waals surface area (Å²) in [7, 11) is 0. The van der Waals surface area contributed by atoms with Gasteiger partial charge in [0.05, 0.1) is 10.7 Å². The van der Waals surface area contributed by atoms with Crippen LogP contribution in [0.5, 0.6) is 0 Å². The highest BCUT2D eigenvalue weighted by atomic mass is 35.5. The minimum absolute atomic E-state index is 0.133. The number of rotatable bonds is 2. The van der Waals surface area contributed by atoms with Crippen LogP contribution in [0.2, 0.25) is 5.02 Å². The highest BCUT2D eigenvalue weighted by Gasteiger charge is 2.28. The number of aryl methyl sites for hydroxylation is 1. The van der Waals surface area contributed by atoms with E-state index in [1.165, 1.54) is 6.42 Å². The second-order valence-corrected chi connectivity index (χ2v) is 5.60. The van der Waals surface area contributed by atoms with Crippen LogP contribution in [0.3, 0.4) is 0 Å². The topological polar surface area (TPSA) is 38.1 Å². The summed E-state index contributed by atoms with van der Waals surface area (Å²) < 4.78 is 1.63. The van der Waals surface area contributed by atoms with E-state index in [4.69, 9.17) is 11.6 Å². The lowest BCUT2D eigenvalue weighted by Gasteiger charge is -2.39. The Kier molecular flexibility index (Phi) is 3.95. The van der Waals surface area contributed by atoms with Gasteiger partial charge in [-0.1, -0.05) is 11.6 Å². The van der Waals surface area contributed by atoms with Gasteiger partial charge >= 0.3 is 0 Å². The first-order valence-electron chi connectivity index (χ1n) is 6.49. The molecule has 0 unspecified atom stereocenters. The van der Waals surface area contributed by atoms with Gasteiger partial charge in [0.2, 0.25) is 5.91 Å². The zero-order valence-electron chi connectivity index (χ0n) is 11.2. The van der Waals surface area contributed by atoms with Crippen molar-refractivity contribution in [3.63, 3.8) is 0 Å². The second kappa shape index (κ2) is 5.31. The monoisotopic (exact) mass is 269 g/mol. The summed E-state index contributed by atoms with van der Waals surface area (Å²) in [4.78, 5) is 14.3. The standard InChI is InChI=1S/C13H20ClN3O/c1-9-5-4-6-10(2)17(9)13(18)8-16-7-12(14)11(3)15-16/h7,9-10H,4-6,8H2,1-3H3/t9-,10+. The Balaban J connectivity index is 2.06. The van der Waals surface area contributed by atoms with Crippen LogP contribution in [-0.2, 0) is 11.3 Å². The Morgan fingerprint density at radius 3 is 2.56 bits per heavy atom. The molecule has 0 N–H and O–H groups in total. The van der Waals surface area contributed by atoms with Gasteiger partial charge in [-0.15, -0.1) is 0 Å². The number of hydrogen-bond acceptors (Lipinski definition) is 2. The van der Waals surface area contributed by atoms with Crippen molar-refractivity contribution in [2.75, 3.05) is 0 Å². The van der Waals surface area contributed by atoms with Gasteiger partial charge in [-0.3, -0.25) is 9.48 Å². The fourth-order valence-electron chi connectivity index (χ4n) is 2.71. The third kappa shape index (κ3) is 2.69. The molecule has 1 aliphatic rings. The summed E-state index contributed by atoms with van der Waals surface area (Å²) >= 11 is 5.95. The van der Waals surface area contributed by atoms with Gasteiger partial charge in [-0.2, -0.15) is 5.10 Å². The second-order valence-electron chi connectivity index (χ2n) is 5.19. The molecular formula is C13H20ClN3O. The lowest BCUT2D eigenvalue weighted by molar-refractivity contribution is -0.138. The van der Waals surface area contributed by atoms with E-state index in [0.29, 0.717) is 17.1 Å². The molecule has 0 saturated carbocycles. The van der Waals surface area contributed by atoms with Gasteiger partial charge < -0.3 is 4.90 Å². The number of nitrogens with zero attached hydrogens (tertiary/aromatic N) is 3. The molecule has 1 aliphatic heterocycles. The predicted molar refractivity (Wildman–Crippen MR) is 71.6 cm³/mol. The highest BCUT2D eigenvalue weighted by molar-refractivity contribution is 6.31. The van der Waals surface area contributed by atoms with Gasteiger partial charge in [0.25, 0.3) is 0 Å². The first-order valence-corrected chi connectivity index (χ1v) is 6.87. The van der Waals surface area contributed by atoms with Gasteiger partial charge in [-0.05, 0) is 40.0 Å². The fourth-order valence-corrected chi connectivity index (χ4v) is 2.86. The zero-order valence-corrected chi connectivity index (χ0v) is 11.9. The van der Waals surface area contributed by atoms with Crippen molar-refractivity contribution in [1.29, 1.82) is 0 Å².